The van der Waals surface area contributed by atoms with Crippen molar-refractivity contribution in [2.75, 3.05) is 5.73 Å². The first-order chi connectivity index (χ1) is 8.18. The molecule has 0 spiro atoms. The minimum atomic E-state index is 0.452. The molecule has 1 aliphatic rings. The Hall–Kier alpha value is -1.78. The summed E-state index contributed by atoms with van der Waals surface area (Å²) in [4.78, 5) is 8.80. The summed E-state index contributed by atoms with van der Waals surface area (Å²) >= 11 is 0. The lowest BCUT2D eigenvalue weighted by molar-refractivity contribution is 0.430. The molecule has 0 aliphatic carbocycles. The van der Waals surface area contributed by atoms with E-state index in [0.717, 1.165) is 29.5 Å². The Labute approximate surface area is 100 Å². The minimum Gasteiger partial charge on any atom is -0.383 e. The smallest absolute Gasteiger partial charge is 0.133 e. The molecule has 1 atom stereocenters. The van der Waals surface area contributed by atoms with E-state index >= 15 is 0 Å². The predicted molar refractivity (Wildman–Crippen MR) is 66.5 cm³/mol. The first-order valence-electron chi connectivity index (χ1n) is 6.01. The van der Waals surface area contributed by atoms with Crippen molar-refractivity contribution >= 4 is 5.82 Å². The predicted octanol–water partition coefficient (Wildman–Crippen LogP) is 1.76. The van der Waals surface area contributed by atoms with Gasteiger partial charge in [-0.05, 0) is 19.8 Å². The monoisotopic (exact) mass is 231 g/mol. The summed E-state index contributed by atoms with van der Waals surface area (Å²) in [5, 5.41) is 0. The van der Waals surface area contributed by atoms with Gasteiger partial charge in [0.25, 0.3) is 0 Å². The molecule has 0 saturated heterocycles. The maximum absolute atomic E-state index is 6.23. The number of nitrogen functional groups attached to an aromatic ring is 1. The lowest BCUT2D eigenvalue weighted by Gasteiger charge is -2.22. The highest BCUT2D eigenvalue weighted by atomic mass is 15.2. The molecule has 0 bridgehead atoms. The van der Waals surface area contributed by atoms with Gasteiger partial charge in [-0.2, -0.15) is 0 Å². The number of nitrogens with two attached hydrogens (primary N) is 1. The van der Waals surface area contributed by atoms with E-state index in [1.165, 1.54) is 12.8 Å². The third kappa shape index (κ3) is 1.45. The third-order valence-electron chi connectivity index (χ3n) is 3.54. The van der Waals surface area contributed by atoms with Gasteiger partial charge in [0.1, 0.15) is 17.3 Å². The van der Waals surface area contributed by atoms with Gasteiger partial charge in [0, 0.05) is 19.5 Å². The molecule has 2 aromatic heterocycles. The molecule has 90 valence electrons. The van der Waals surface area contributed by atoms with Crippen molar-refractivity contribution in [3.05, 3.63) is 18.3 Å². The summed E-state index contributed by atoms with van der Waals surface area (Å²) in [6.07, 6.45) is 6.99. The van der Waals surface area contributed by atoms with Crippen molar-refractivity contribution in [1.29, 1.82) is 0 Å². The number of aryl methyl sites for hydroxylation is 2. The number of hydrogen-bond acceptors (Lipinski definition) is 3. The molecule has 3 rings (SSSR count). The first-order valence-corrected chi connectivity index (χ1v) is 6.01. The molecule has 1 unspecified atom stereocenters. The number of anilines is 1. The normalized spacial score (nSPS) is 19.3. The molecule has 5 nitrogen and oxygen atoms in total. The summed E-state index contributed by atoms with van der Waals surface area (Å²) < 4.78 is 4.13. The highest BCUT2D eigenvalue weighted by molar-refractivity contribution is 5.68. The average Bonchev–Trinajstić information content (AvgIpc) is 2.84. The van der Waals surface area contributed by atoms with Gasteiger partial charge < -0.3 is 14.9 Å². The maximum Gasteiger partial charge on any atom is 0.133 e. The van der Waals surface area contributed by atoms with Crippen molar-refractivity contribution in [2.45, 2.75) is 32.2 Å². The molecule has 0 radical (unpaired) electrons. The standard InChI is InChI=1S/C12H17N5/c1-8-4-3-5-10-15-11(12(13)17(8)10)9-6-14-7-16(9)2/h6-8H,3-5,13H2,1-2H3. The molecule has 0 amide bonds. The van der Waals surface area contributed by atoms with E-state index in [-0.39, 0.29) is 0 Å². The zero-order valence-corrected chi connectivity index (χ0v) is 10.2. The molecular formula is C12H17N5. The lowest BCUT2D eigenvalue weighted by Crippen LogP contribution is -2.16. The topological polar surface area (TPSA) is 61.7 Å². The molecule has 17 heavy (non-hydrogen) atoms. The fraction of sp³-hybridized carbons (Fsp3) is 0.500. The number of rotatable bonds is 1. The Morgan fingerprint density at radius 3 is 2.94 bits per heavy atom. The lowest BCUT2D eigenvalue weighted by atomic mass is 10.1. The fourth-order valence-electron chi connectivity index (χ4n) is 2.62. The average molecular weight is 231 g/mol. The molecule has 1 aliphatic heterocycles. The van der Waals surface area contributed by atoms with Crippen molar-refractivity contribution < 1.29 is 0 Å². The van der Waals surface area contributed by atoms with E-state index in [4.69, 9.17) is 5.73 Å². The van der Waals surface area contributed by atoms with Gasteiger partial charge >= 0.3 is 0 Å². The molecule has 0 aromatic carbocycles. The van der Waals surface area contributed by atoms with E-state index in [1.54, 1.807) is 6.33 Å². The Bertz CT molecular complexity index is 551. The van der Waals surface area contributed by atoms with Crippen molar-refractivity contribution in [1.82, 2.24) is 19.1 Å². The maximum atomic E-state index is 6.23. The van der Waals surface area contributed by atoms with Crippen LogP contribution in [-0.4, -0.2) is 19.1 Å². The minimum absolute atomic E-state index is 0.452. The van der Waals surface area contributed by atoms with Crippen LogP contribution < -0.4 is 5.73 Å². The SMILES string of the molecule is CC1CCCc2nc(-c3cncn3C)c(N)n21. The van der Waals surface area contributed by atoms with Crippen molar-refractivity contribution in [3.8, 4) is 11.4 Å². The highest BCUT2D eigenvalue weighted by Gasteiger charge is 2.24. The van der Waals surface area contributed by atoms with Gasteiger partial charge in [0.2, 0.25) is 0 Å². The second-order valence-corrected chi connectivity index (χ2v) is 4.76. The van der Waals surface area contributed by atoms with Crippen LogP contribution >= 0.6 is 0 Å². The number of nitrogens with zero attached hydrogens (tertiary/aromatic N) is 4. The van der Waals surface area contributed by atoms with Crippen LogP contribution in [0.3, 0.4) is 0 Å². The summed E-state index contributed by atoms with van der Waals surface area (Å²) in [7, 11) is 1.96. The van der Waals surface area contributed by atoms with Crippen LogP contribution in [0.4, 0.5) is 5.82 Å². The molecule has 2 N–H and O–H groups in total. The van der Waals surface area contributed by atoms with Gasteiger partial charge in [-0.15, -0.1) is 0 Å². The molecule has 2 aromatic rings. The number of aromatic nitrogens is 4. The van der Waals surface area contributed by atoms with Crippen LogP contribution in [0.1, 0.15) is 31.6 Å². The molecule has 3 heterocycles. The van der Waals surface area contributed by atoms with Crippen molar-refractivity contribution in [3.63, 3.8) is 0 Å². The van der Waals surface area contributed by atoms with Gasteiger partial charge in [-0.3, -0.25) is 0 Å². The summed E-state index contributed by atoms with van der Waals surface area (Å²) in [5.41, 5.74) is 8.09. The molecule has 0 fully saturated rings. The zero-order chi connectivity index (χ0) is 12.0. The van der Waals surface area contributed by atoms with Crippen LogP contribution in [-0.2, 0) is 13.5 Å². The molecule has 0 saturated carbocycles. The van der Waals surface area contributed by atoms with Gasteiger partial charge in [-0.1, -0.05) is 0 Å². The van der Waals surface area contributed by atoms with Crippen LogP contribution in [0.2, 0.25) is 0 Å². The van der Waals surface area contributed by atoms with E-state index in [9.17, 15) is 0 Å². The van der Waals surface area contributed by atoms with Crippen molar-refractivity contribution in [2.24, 2.45) is 7.05 Å². The molecular weight excluding hydrogens is 214 g/mol. The second-order valence-electron chi connectivity index (χ2n) is 4.76. The van der Waals surface area contributed by atoms with E-state index < -0.39 is 0 Å². The molecule has 5 heteroatoms. The summed E-state index contributed by atoms with van der Waals surface area (Å²) in [6.45, 7) is 2.20. The van der Waals surface area contributed by atoms with Crippen LogP contribution in [0.15, 0.2) is 12.5 Å². The van der Waals surface area contributed by atoms with Crippen LogP contribution in [0, 0.1) is 0 Å². The Kier molecular flexibility index (Phi) is 2.21. The first kappa shape index (κ1) is 10.4. The number of fused-ring (bicyclic) bond motifs is 1. The Morgan fingerprint density at radius 1 is 1.47 bits per heavy atom. The van der Waals surface area contributed by atoms with Gasteiger partial charge in [0.05, 0.1) is 18.2 Å². The Morgan fingerprint density at radius 2 is 2.29 bits per heavy atom. The number of hydrogen-bond donors (Lipinski definition) is 1. The fourth-order valence-corrected chi connectivity index (χ4v) is 2.62. The van der Waals surface area contributed by atoms with Crippen LogP contribution in [0.5, 0.6) is 0 Å². The summed E-state index contributed by atoms with van der Waals surface area (Å²) in [6, 6.07) is 0.452. The van der Waals surface area contributed by atoms with Gasteiger partial charge in [0.15, 0.2) is 0 Å². The van der Waals surface area contributed by atoms with E-state index in [2.05, 4.69) is 21.5 Å². The van der Waals surface area contributed by atoms with E-state index in [0.29, 0.717) is 6.04 Å². The highest BCUT2D eigenvalue weighted by Crippen LogP contribution is 2.33. The van der Waals surface area contributed by atoms with Gasteiger partial charge in [-0.25, -0.2) is 9.97 Å². The third-order valence-corrected chi connectivity index (χ3v) is 3.54. The number of imidazole rings is 2. The quantitative estimate of drug-likeness (QED) is 0.813. The zero-order valence-electron chi connectivity index (χ0n) is 10.2. The second kappa shape index (κ2) is 3.61. The largest absolute Gasteiger partial charge is 0.383 e. The Balaban J connectivity index is 2.17. The summed E-state index contributed by atoms with van der Waals surface area (Å²) in [5.74, 6) is 1.88. The van der Waals surface area contributed by atoms with Crippen LogP contribution in [0.25, 0.3) is 11.4 Å². The van der Waals surface area contributed by atoms with E-state index in [1.807, 2.05) is 17.8 Å².